The monoisotopic (exact) mass is 278 g/mol. The minimum absolute atomic E-state index is 0.0745. The molecule has 0 amide bonds. The zero-order chi connectivity index (χ0) is 15.0. The molecular weight excluding hydrogens is 252 g/mol. The van der Waals surface area contributed by atoms with E-state index < -0.39 is 5.41 Å². The molecule has 0 N–H and O–H groups in total. The quantitative estimate of drug-likeness (QED) is 0.365. The lowest BCUT2D eigenvalue weighted by Crippen LogP contribution is -2.40. The van der Waals surface area contributed by atoms with Gasteiger partial charge in [0.15, 0.2) is 0 Å². The molecule has 0 aliphatic heterocycles. The summed E-state index contributed by atoms with van der Waals surface area (Å²) in [6, 6.07) is 0. The maximum absolute atomic E-state index is 12.2. The minimum atomic E-state index is -0.980. The van der Waals surface area contributed by atoms with Crippen LogP contribution in [-0.2, 0) is 14.3 Å². The number of allylic oxidation sites excluding steroid dienone is 4. The van der Waals surface area contributed by atoms with Gasteiger partial charge in [-0.2, -0.15) is 0 Å². The lowest BCUT2D eigenvalue weighted by Gasteiger charge is -2.30. The molecular formula is C17H26O3. The third-order valence-electron chi connectivity index (χ3n) is 4.12. The highest BCUT2D eigenvalue weighted by molar-refractivity contribution is 6.02. The first-order chi connectivity index (χ1) is 9.56. The minimum Gasteiger partial charge on any atom is -0.468 e. The number of hydrogen-bond donors (Lipinski definition) is 0. The van der Waals surface area contributed by atoms with Crippen LogP contribution in [0, 0.1) is 11.3 Å². The van der Waals surface area contributed by atoms with Gasteiger partial charge in [0.25, 0.3) is 0 Å². The van der Waals surface area contributed by atoms with Crippen molar-refractivity contribution in [2.45, 2.75) is 52.4 Å². The molecule has 0 saturated carbocycles. The molecule has 112 valence electrons. The fraction of sp³-hybridized carbons (Fsp3) is 0.647. The molecule has 1 rings (SSSR count). The second kappa shape index (κ2) is 8.03. The molecule has 0 fully saturated rings. The fourth-order valence-corrected chi connectivity index (χ4v) is 2.82. The molecule has 3 nitrogen and oxygen atoms in total. The van der Waals surface area contributed by atoms with Crippen molar-refractivity contribution >= 4 is 11.8 Å². The van der Waals surface area contributed by atoms with Gasteiger partial charge in [-0.25, -0.2) is 0 Å². The van der Waals surface area contributed by atoms with Crippen LogP contribution >= 0.6 is 0 Å². The fourth-order valence-electron chi connectivity index (χ4n) is 2.82. The van der Waals surface area contributed by atoms with Crippen LogP contribution in [0.1, 0.15) is 52.4 Å². The molecule has 0 aromatic carbocycles. The number of carbonyl (C=O) groups is 2. The summed E-state index contributed by atoms with van der Waals surface area (Å²) < 4.78 is 4.94. The predicted molar refractivity (Wildman–Crippen MR) is 80.3 cm³/mol. The van der Waals surface area contributed by atoms with Crippen molar-refractivity contribution < 1.29 is 14.3 Å². The number of ketones is 1. The summed E-state index contributed by atoms with van der Waals surface area (Å²) in [7, 11) is 1.37. The van der Waals surface area contributed by atoms with Crippen molar-refractivity contribution in [2.75, 3.05) is 7.11 Å². The summed E-state index contributed by atoms with van der Waals surface area (Å²) >= 11 is 0. The summed E-state index contributed by atoms with van der Waals surface area (Å²) in [4.78, 5) is 24.4. The van der Waals surface area contributed by atoms with Crippen molar-refractivity contribution in [3.63, 3.8) is 0 Å². The van der Waals surface area contributed by atoms with E-state index in [9.17, 15) is 9.59 Å². The maximum atomic E-state index is 12.2. The highest BCUT2D eigenvalue weighted by Crippen LogP contribution is 2.37. The van der Waals surface area contributed by atoms with Crippen molar-refractivity contribution in [3.8, 4) is 0 Å². The number of unbranched alkanes of at least 4 members (excludes halogenated alkanes) is 3. The van der Waals surface area contributed by atoms with Crippen LogP contribution in [0.3, 0.4) is 0 Å². The average Bonchev–Trinajstić information content (AvgIpc) is 2.93. The number of esters is 1. The van der Waals surface area contributed by atoms with Crippen LogP contribution in [0.25, 0.3) is 0 Å². The first-order valence-electron chi connectivity index (χ1n) is 7.51. The average molecular weight is 278 g/mol. The van der Waals surface area contributed by atoms with Crippen LogP contribution in [0.15, 0.2) is 24.3 Å². The van der Waals surface area contributed by atoms with Gasteiger partial charge >= 0.3 is 5.97 Å². The molecule has 1 aliphatic rings. The highest BCUT2D eigenvalue weighted by atomic mass is 16.5. The summed E-state index contributed by atoms with van der Waals surface area (Å²) in [6.45, 7) is 3.66. The first-order valence-corrected chi connectivity index (χ1v) is 7.51. The van der Waals surface area contributed by atoms with E-state index >= 15 is 0 Å². The Morgan fingerprint density at radius 2 is 1.80 bits per heavy atom. The Morgan fingerprint density at radius 1 is 1.15 bits per heavy atom. The lowest BCUT2D eigenvalue weighted by atomic mass is 9.72. The second-order valence-electron chi connectivity index (χ2n) is 5.58. The zero-order valence-corrected chi connectivity index (χ0v) is 12.9. The molecule has 0 saturated heterocycles. The number of hydrogen-bond acceptors (Lipinski definition) is 3. The first kappa shape index (κ1) is 16.7. The van der Waals surface area contributed by atoms with E-state index in [4.69, 9.17) is 4.74 Å². The number of ether oxygens (including phenoxy) is 1. The van der Waals surface area contributed by atoms with E-state index in [1.165, 1.54) is 14.0 Å². The highest BCUT2D eigenvalue weighted by Gasteiger charge is 2.44. The Balaban J connectivity index is 2.82. The maximum Gasteiger partial charge on any atom is 0.319 e. The van der Waals surface area contributed by atoms with Gasteiger partial charge in [-0.15, -0.1) is 0 Å². The van der Waals surface area contributed by atoms with Crippen LogP contribution in [-0.4, -0.2) is 18.9 Å². The topological polar surface area (TPSA) is 43.4 Å². The molecule has 1 unspecified atom stereocenters. The standard InChI is InChI=1S/C17H26O3/c1-4-5-6-9-12-17(14(2)18,16(19)20-3)13-15-10-7-8-11-15/h7-8,10-11,15H,4-6,9,12-13H2,1-3H3. The van der Waals surface area contributed by atoms with Gasteiger partial charge in [-0.3, -0.25) is 9.59 Å². The normalized spacial score (nSPS) is 17.1. The van der Waals surface area contributed by atoms with Gasteiger partial charge in [0.1, 0.15) is 11.2 Å². The molecule has 1 atom stereocenters. The Morgan fingerprint density at radius 3 is 2.30 bits per heavy atom. The van der Waals surface area contributed by atoms with E-state index in [1.54, 1.807) is 0 Å². The Bertz CT molecular complexity index is 383. The van der Waals surface area contributed by atoms with Crippen LogP contribution < -0.4 is 0 Å². The Labute approximate surface area is 122 Å². The van der Waals surface area contributed by atoms with E-state index in [-0.39, 0.29) is 17.7 Å². The SMILES string of the molecule is CCCCCCC(CC1C=CC=C1)(C(C)=O)C(=O)OC. The van der Waals surface area contributed by atoms with Crippen molar-refractivity contribution in [1.82, 2.24) is 0 Å². The number of Topliss-reactive ketones (excluding diaryl/α,β-unsaturated/α-hetero) is 1. The number of rotatable bonds is 9. The van der Waals surface area contributed by atoms with Gasteiger partial charge in [0.05, 0.1) is 7.11 Å². The van der Waals surface area contributed by atoms with Crippen molar-refractivity contribution in [1.29, 1.82) is 0 Å². The van der Waals surface area contributed by atoms with Crippen LogP contribution in [0.5, 0.6) is 0 Å². The third-order valence-corrected chi connectivity index (χ3v) is 4.12. The summed E-state index contributed by atoms with van der Waals surface area (Å²) in [6.07, 6.45) is 13.3. The van der Waals surface area contributed by atoms with E-state index in [2.05, 4.69) is 6.92 Å². The summed E-state index contributed by atoms with van der Waals surface area (Å²) in [5.74, 6) is -0.297. The summed E-state index contributed by atoms with van der Waals surface area (Å²) in [5.41, 5.74) is -0.980. The molecule has 0 spiro atoms. The molecule has 0 aromatic rings. The summed E-state index contributed by atoms with van der Waals surface area (Å²) in [5, 5.41) is 0. The smallest absolute Gasteiger partial charge is 0.319 e. The molecule has 0 radical (unpaired) electrons. The van der Waals surface area contributed by atoms with Gasteiger partial charge < -0.3 is 4.74 Å². The second-order valence-corrected chi connectivity index (χ2v) is 5.58. The Kier molecular flexibility index (Phi) is 6.69. The van der Waals surface area contributed by atoms with Gasteiger partial charge in [0.2, 0.25) is 0 Å². The molecule has 1 aliphatic carbocycles. The molecule has 0 bridgehead atoms. The van der Waals surface area contributed by atoms with Crippen LogP contribution in [0.2, 0.25) is 0 Å². The van der Waals surface area contributed by atoms with Gasteiger partial charge in [0, 0.05) is 0 Å². The Hall–Kier alpha value is -1.38. The lowest BCUT2D eigenvalue weighted by molar-refractivity contribution is -0.159. The van der Waals surface area contributed by atoms with Gasteiger partial charge in [-0.05, 0) is 25.7 Å². The van der Waals surface area contributed by atoms with Gasteiger partial charge in [-0.1, -0.05) is 56.9 Å². The largest absolute Gasteiger partial charge is 0.468 e. The predicted octanol–water partition coefficient (Wildman–Crippen LogP) is 3.84. The molecule has 0 aromatic heterocycles. The molecule has 3 heteroatoms. The zero-order valence-electron chi connectivity index (χ0n) is 12.9. The molecule has 20 heavy (non-hydrogen) atoms. The van der Waals surface area contributed by atoms with E-state index in [1.807, 2.05) is 24.3 Å². The van der Waals surface area contributed by atoms with Crippen molar-refractivity contribution in [3.05, 3.63) is 24.3 Å². The number of carbonyl (C=O) groups excluding carboxylic acids is 2. The molecule has 0 heterocycles. The van der Waals surface area contributed by atoms with E-state index in [0.29, 0.717) is 12.8 Å². The van der Waals surface area contributed by atoms with E-state index in [0.717, 1.165) is 25.7 Å². The third kappa shape index (κ3) is 4.06. The van der Waals surface area contributed by atoms with Crippen LogP contribution in [0.4, 0.5) is 0 Å². The van der Waals surface area contributed by atoms with Crippen molar-refractivity contribution in [2.24, 2.45) is 11.3 Å². The number of methoxy groups -OCH3 is 1.